The quantitative estimate of drug-likeness (QED) is 0.596. The zero-order valence-corrected chi connectivity index (χ0v) is 15.8. The summed E-state index contributed by atoms with van der Waals surface area (Å²) in [6.07, 6.45) is 0. The molecule has 0 atom stereocenters. The van der Waals surface area contributed by atoms with Gasteiger partial charge in [0.2, 0.25) is 10.0 Å². The molecule has 0 saturated heterocycles. The highest BCUT2D eigenvalue weighted by atomic mass is 32.2. The van der Waals surface area contributed by atoms with Crippen molar-refractivity contribution in [1.29, 1.82) is 0 Å². The second-order valence-corrected chi connectivity index (χ2v) is 7.33. The second kappa shape index (κ2) is 9.81. The first-order chi connectivity index (χ1) is 13.3. The van der Waals surface area contributed by atoms with Gasteiger partial charge in [-0.3, -0.25) is 9.59 Å². The largest absolute Gasteiger partial charge is 0.497 e. The summed E-state index contributed by atoms with van der Waals surface area (Å²) in [4.78, 5) is 23.0. The van der Waals surface area contributed by atoms with Crippen molar-refractivity contribution < 1.29 is 31.9 Å². The van der Waals surface area contributed by atoms with Gasteiger partial charge >= 0.3 is 5.97 Å². The van der Waals surface area contributed by atoms with E-state index in [1.54, 1.807) is 31.4 Å². The van der Waals surface area contributed by atoms with Crippen LogP contribution in [-0.2, 0) is 30.9 Å². The molecule has 8 nitrogen and oxygen atoms in total. The zero-order valence-electron chi connectivity index (χ0n) is 15.0. The first-order valence-electron chi connectivity index (χ1n) is 8.10. The Morgan fingerprint density at radius 3 is 2.46 bits per heavy atom. The molecule has 0 aromatic heterocycles. The lowest BCUT2D eigenvalue weighted by Gasteiger charge is -2.09. The van der Waals surface area contributed by atoms with E-state index in [2.05, 4.69) is 5.32 Å². The Labute approximate surface area is 161 Å². The standard InChI is InChI=1S/C18H19FN2O6S/c1-26-15-7-5-13(6-8-15)10-20-17(22)12-27-18(23)11-21-28(24,25)16-4-2-3-14(19)9-16/h2-9,21H,10-12H2,1H3,(H,20,22). The highest BCUT2D eigenvalue weighted by Crippen LogP contribution is 2.11. The number of carbonyl (C=O) groups is 2. The van der Waals surface area contributed by atoms with E-state index >= 15 is 0 Å². The van der Waals surface area contributed by atoms with Crippen molar-refractivity contribution in [2.24, 2.45) is 0 Å². The molecule has 0 radical (unpaired) electrons. The number of rotatable bonds is 9. The first kappa shape index (κ1) is 21.3. The van der Waals surface area contributed by atoms with E-state index in [9.17, 15) is 22.4 Å². The highest BCUT2D eigenvalue weighted by molar-refractivity contribution is 7.89. The van der Waals surface area contributed by atoms with Gasteiger partial charge in [0.25, 0.3) is 5.91 Å². The molecular weight excluding hydrogens is 391 g/mol. The molecule has 0 saturated carbocycles. The summed E-state index contributed by atoms with van der Waals surface area (Å²) in [5.41, 5.74) is 0.823. The summed E-state index contributed by atoms with van der Waals surface area (Å²) >= 11 is 0. The SMILES string of the molecule is COc1ccc(CNC(=O)COC(=O)CNS(=O)(=O)c2cccc(F)c2)cc1. The van der Waals surface area contributed by atoms with E-state index in [1.165, 1.54) is 12.1 Å². The summed E-state index contributed by atoms with van der Waals surface area (Å²) in [7, 11) is -2.53. The Morgan fingerprint density at radius 2 is 1.82 bits per heavy atom. The van der Waals surface area contributed by atoms with Crippen LogP contribution >= 0.6 is 0 Å². The summed E-state index contributed by atoms with van der Waals surface area (Å²) in [5, 5.41) is 2.56. The van der Waals surface area contributed by atoms with Crippen LogP contribution in [0.25, 0.3) is 0 Å². The van der Waals surface area contributed by atoms with Crippen molar-refractivity contribution in [2.75, 3.05) is 20.3 Å². The number of sulfonamides is 1. The molecule has 150 valence electrons. The smallest absolute Gasteiger partial charge is 0.321 e. The normalized spacial score (nSPS) is 10.9. The fourth-order valence-electron chi connectivity index (χ4n) is 2.06. The van der Waals surface area contributed by atoms with Crippen molar-refractivity contribution in [3.8, 4) is 5.75 Å². The van der Waals surface area contributed by atoms with Gasteiger partial charge in [-0.15, -0.1) is 0 Å². The van der Waals surface area contributed by atoms with Crippen LogP contribution < -0.4 is 14.8 Å². The number of carbonyl (C=O) groups excluding carboxylic acids is 2. The fraction of sp³-hybridized carbons (Fsp3) is 0.222. The number of nitrogens with one attached hydrogen (secondary N) is 2. The van der Waals surface area contributed by atoms with Gasteiger partial charge in [-0.1, -0.05) is 18.2 Å². The molecule has 1 amide bonds. The van der Waals surface area contributed by atoms with E-state index in [4.69, 9.17) is 9.47 Å². The van der Waals surface area contributed by atoms with Gasteiger partial charge in [0.1, 0.15) is 18.1 Å². The third kappa shape index (κ3) is 6.63. The lowest BCUT2D eigenvalue weighted by Crippen LogP contribution is -2.33. The van der Waals surface area contributed by atoms with E-state index in [-0.39, 0.29) is 11.4 Å². The zero-order chi connectivity index (χ0) is 20.6. The Morgan fingerprint density at radius 1 is 1.11 bits per heavy atom. The fourth-order valence-corrected chi connectivity index (χ4v) is 3.06. The lowest BCUT2D eigenvalue weighted by atomic mass is 10.2. The molecule has 2 aromatic rings. The molecule has 0 spiro atoms. The Balaban J connectivity index is 1.73. The van der Waals surface area contributed by atoms with E-state index in [0.29, 0.717) is 5.75 Å². The van der Waals surface area contributed by atoms with Crippen LogP contribution in [0.2, 0.25) is 0 Å². The average molecular weight is 410 g/mol. The summed E-state index contributed by atoms with van der Waals surface area (Å²) in [6, 6.07) is 11.4. The van der Waals surface area contributed by atoms with Crippen LogP contribution in [0.3, 0.4) is 0 Å². The van der Waals surface area contributed by atoms with Crippen LogP contribution in [0.5, 0.6) is 5.75 Å². The summed E-state index contributed by atoms with van der Waals surface area (Å²) in [6.45, 7) is -1.02. The molecule has 0 bridgehead atoms. The van der Waals surface area contributed by atoms with Crippen molar-refractivity contribution in [2.45, 2.75) is 11.4 Å². The van der Waals surface area contributed by atoms with E-state index < -0.39 is 40.9 Å². The van der Waals surface area contributed by atoms with Gasteiger partial charge in [-0.05, 0) is 35.9 Å². The van der Waals surface area contributed by atoms with Gasteiger partial charge in [-0.2, -0.15) is 4.72 Å². The van der Waals surface area contributed by atoms with E-state index in [1.807, 2.05) is 4.72 Å². The van der Waals surface area contributed by atoms with E-state index in [0.717, 1.165) is 17.7 Å². The van der Waals surface area contributed by atoms with Crippen LogP contribution in [0, 0.1) is 5.82 Å². The topological polar surface area (TPSA) is 111 Å². The predicted molar refractivity (Wildman–Crippen MR) is 97.4 cm³/mol. The summed E-state index contributed by atoms with van der Waals surface area (Å²) < 4.78 is 48.7. The third-order valence-electron chi connectivity index (χ3n) is 3.53. The molecule has 0 aliphatic carbocycles. The number of amides is 1. The lowest BCUT2D eigenvalue weighted by molar-refractivity contribution is -0.147. The average Bonchev–Trinajstić information content (AvgIpc) is 2.69. The van der Waals surface area contributed by atoms with Gasteiger partial charge in [0, 0.05) is 6.54 Å². The minimum absolute atomic E-state index is 0.229. The maximum atomic E-state index is 13.1. The molecule has 2 N–H and O–H groups in total. The molecule has 28 heavy (non-hydrogen) atoms. The molecule has 0 fully saturated rings. The van der Waals surface area contributed by atoms with Gasteiger partial charge in [-0.25, -0.2) is 12.8 Å². The first-order valence-corrected chi connectivity index (χ1v) is 9.59. The van der Waals surface area contributed by atoms with Crippen LogP contribution in [-0.4, -0.2) is 40.6 Å². The van der Waals surface area contributed by atoms with Gasteiger partial charge in [0.15, 0.2) is 6.61 Å². The maximum absolute atomic E-state index is 13.1. The number of ether oxygens (including phenoxy) is 2. The molecule has 10 heteroatoms. The number of esters is 1. The minimum atomic E-state index is -4.07. The van der Waals surface area contributed by atoms with Gasteiger partial charge in [0.05, 0.1) is 12.0 Å². The second-order valence-electron chi connectivity index (χ2n) is 5.57. The highest BCUT2D eigenvalue weighted by Gasteiger charge is 2.17. The van der Waals surface area contributed by atoms with Crippen LogP contribution in [0.15, 0.2) is 53.4 Å². The van der Waals surface area contributed by atoms with Gasteiger partial charge < -0.3 is 14.8 Å². The molecule has 0 aliphatic rings. The number of halogens is 1. The number of hydrogen-bond donors (Lipinski definition) is 2. The molecule has 0 unspecified atom stereocenters. The molecule has 0 heterocycles. The molecular formula is C18H19FN2O6S. The monoisotopic (exact) mass is 410 g/mol. The molecule has 2 rings (SSSR count). The van der Waals surface area contributed by atoms with Crippen LogP contribution in [0.4, 0.5) is 4.39 Å². The maximum Gasteiger partial charge on any atom is 0.321 e. The number of benzene rings is 2. The molecule has 0 aliphatic heterocycles. The third-order valence-corrected chi connectivity index (χ3v) is 4.92. The van der Waals surface area contributed by atoms with Crippen LogP contribution in [0.1, 0.15) is 5.56 Å². The predicted octanol–water partition coefficient (Wildman–Crippen LogP) is 0.972. The van der Waals surface area contributed by atoms with Crippen molar-refractivity contribution in [3.63, 3.8) is 0 Å². The molecule has 2 aromatic carbocycles. The Bertz CT molecular complexity index is 931. The Hall–Kier alpha value is -2.98. The van der Waals surface area contributed by atoms with Crippen molar-refractivity contribution in [3.05, 3.63) is 59.9 Å². The number of hydrogen-bond acceptors (Lipinski definition) is 6. The number of methoxy groups -OCH3 is 1. The van der Waals surface area contributed by atoms with Crippen molar-refractivity contribution in [1.82, 2.24) is 10.0 Å². The Kier molecular flexibility index (Phi) is 7.47. The minimum Gasteiger partial charge on any atom is -0.497 e. The summed E-state index contributed by atoms with van der Waals surface area (Å²) in [5.74, 6) is -1.53. The van der Waals surface area contributed by atoms with Crippen molar-refractivity contribution >= 4 is 21.9 Å².